The molecule has 2 aliphatic rings. The van der Waals surface area contributed by atoms with Crippen LogP contribution < -0.4 is 21.8 Å². The predicted molar refractivity (Wildman–Crippen MR) is 171 cm³/mol. The maximum absolute atomic E-state index is 16.2. The average Bonchev–Trinajstić information content (AvgIpc) is 3.82. The van der Waals surface area contributed by atoms with Crippen molar-refractivity contribution in [2.75, 3.05) is 29.5 Å². The van der Waals surface area contributed by atoms with Gasteiger partial charge in [0.2, 0.25) is 11.4 Å². The van der Waals surface area contributed by atoms with Gasteiger partial charge < -0.3 is 46.1 Å². The number of nitrogen functional groups attached to an aromatic ring is 2. The van der Waals surface area contributed by atoms with E-state index in [2.05, 4.69) is 14.9 Å². The van der Waals surface area contributed by atoms with Gasteiger partial charge in [0.1, 0.15) is 17.2 Å². The quantitative estimate of drug-likeness (QED) is 0.138. The second kappa shape index (κ2) is 13.8. The number of aliphatic hydroxyl groups excluding tert-OH is 2. The lowest BCUT2D eigenvalue weighted by molar-refractivity contribution is -0.165. The lowest BCUT2D eigenvalue weighted by Crippen LogP contribution is -2.39. The molecule has 1 fully saturated rings. The molecule has 15 nitrogen and oxygen atoms in total. The standard InChI is InChI=1S/C28H26F2N6O3.C4H6O6/c1-2-39-27(38)19-13-36(17-4-5-17)24-18(25(19)37)10-20(29)22(23(24)30)15-3-6-21-14(9-15)7-8-35(21)12-16-11-33-28(32)34-26(16)31;5-1(3(7)8)2(6)4(9)10/h3,6,9-11,13,17H,2,4-5,7-8,12H2,1H3,(H4,31,32,33,34);1-2,5-6H,(H,7,8)(H,9,10). The highest BCUT2D eigenvalue weighted by Crippen LogP contribution is 2.41. The topological polar surface area (TPSA) is 244 Å². The fourth-order valence-corrected chi connectivity index (χ4v) is 5.52. The zero-order valence-corrected chi connectivity index (χ0v) is 26.0. The van der Waals surface area contributed by atoms with Crippen molar-refractivity contribution >= 4 is 46.3 Å². The number of aromatic nitrogens is 3. The minimum Gasteiger partial charge on any atom is -0.479 e. The van der Waals surface area contributed by atoms with Crippen molar-refractivity contribution in [3.8, 4) is 11.1 Å². The first kappa shape index (κ1) is 34.6. The Morgan fingerprint density at radius 2 is 1.76 bits per heavy atom. The van der Waals surface area contributed by atoms with Crippen LogP contribution in [0.25, 0.3) is 22.0 Å². The fourth-order valence-electron chi connectivity index (χ4n) is 5.52. The molecule has 1 aliphatic carbocycles. The molecule has 0 saturated heterocycles. The molecule has 0 bridgehead atoms. The third-order valence-electron chi connectivity index (χ3n) is 8.09. The molecular weight excluding hydrogens is 650 g/mol. The van der Waals surface area contributed by atoms with Crippen LogP contribution in [0.1, 0.15) is 47.3 Å². The van der Waals surface area contributed by atoms with Crippen LogP contribution in [0.4, 0.5) is 26.2 Å². The Kier molecular flexibility index (Phi) is 9.77. The van der Waals surface area contributed by atoms with Gasteiger partial charge in [-0.25, -0.2) is 28.1 Å². The molecule has 2 atom stereocenters. The molecule has 2 unspecified atom stereocenters. The van der Waals surface area contributed by atoms with Gasteiger partial charge in [-0.2, -0.15) is 4.98 Å². The molecule has 2 aromatic heterocycles. The van der Waals surface area contributed by atoms with Gasteiger partial charge in [-0.1, -0.05) is 6.07 Å². The number of halogens is 2. The minimum absolute atomic E-state index is 0.00657. The van der Waals surface area contributed by atoms with Crippen LogP contribution in [0, 0.1) is 11.6 Å². The van der Waals surface area contributed by atoms with Crippen LogP contribution in [-0.4, -0.2) is 78.2 Å². The lowest BCUT2D eigenvalue weighted by atomic mass is 9.98. The minimum atomic E-state index is -2.27. The van der Waals surface area contributed by atoms with Crippen molar-refractivity contribution in [1.29, 1.82) is 0 Å². The number of carboxylic acid groups (broad SMARTS) is 2. The van der Waals surface area contributed by atoms with E-state index >= 15 is 8.78 Å². The van der Waals surface area contributed by atoms with E-state index in [1.807, 2.05) is 6.07 Å². The highest BCUT2D eigenvalue weighted by Gasteiger charge is 2.31. The lowest BCUT2D eigenvalue weighted by Gasteiger charge is -2.20. The molecule has 1 saturated carbocycles. The van der Waals surface area contributed by atoms with Gasteiger partial charge in [-0.3, -0.25) is 4.79 Å². The van der Waals surface area contributed by atoms with Gasteiger partial charge in [0.05, 0.1) is 23.1 Å². The van der Waals surface area contributed by atoms with Crippen LogP contribution in [0.2, 0.25) is 0 Å². The Morgan fingerprint density at radius 1 is 1.08 bits per heavy atom. The number of benzene rings is 2. The van der Waals surface area contributed by atoms with Gasteiger partial charge in [-0.05, 0) is 55.5 Å². The molecule has 0 spiro atoms. The number of aliphatic hydroxyl groups is 2. The largest absolute Gasteiger partial charge is 0.479 e. The number of anilines is 3. The molecule has 0 radical (unpaired) electrons. The van der Waals surface area contributed by atoms with Crippen LogP contribution in [-0.2, 0) is 27.3 Å². The molecule has 6 rings (SSSR count). The monoisotopic (exact) mass is 682 g/mol. The molecule has 2 aromatic carbocycles. The molecule has 0 amide bonds. The third kappa shape index (κ3) is 6.97. The van der Waals surface area contributed by atoms with E-state index in [1.165, 1.54) is 6.20 Å². The summed E-state index contributed by atoms with van der Waals surface area (Å²) in [5, 5.41) is 32.3. The first-order valence-electron chi connectivity index (χ1n) is 15.0. The van der Waals surface area contributed by atoms with Gasteiger partial charge in [0.25, 0.3) is 0 Å². The summed E-state index contributed by atoms with van der Waals surface area (Å²) in [5.41, 5.74) is 13.3. The number of ether oxygens (including phenoxy) is 1. The Hall–Kier alpha value is -5.68. The molecule has 4 aromatic rings. The number of hydrogen-bond acceptors (Lipinski definition) is 12. The number of rotatable bonds is 9. The number of carbonyl (C=O) groups is 3. The van der Waals surface area contributed by atoms with Crippen molar-refractivity contribution in [2.24, 2.45) is 0 Å². The summed E-state index contributed by atoms with van der Waals surface area (Å²) < 4.78 is 38.3. The number of pyridine rings is 1. The number of hydrogen-bond donors (Lipinski definition) is 6. The fraction of sp³-hybridized carbons (Fsp3) is 0.312. The molecule has 17 heteroatoms. The number of carboxylic acids is 2. The number of nitrogens with two attached hydrogens (primary N) is 2. The summed E-state index contributed by atoms with van der Waals surface area (Å²) in [7, 11) is 0. The highest BCUT2D eigenvalue weighted by molar-refractivity contribution is 5.95. The number of esters is 1. The van der Waals surface area contributed by atoms with Crippen LogP contribution in [0.3, 0.4) is 0 Å². The summed E-state index contributed by atoms with van der Waals surface area (Å²) in [6.45, 7) is 2.86. The summed E-state index contributed by atoms with van der Waals surface area (Å²) in [5.74, 6) is -5.64. The predicted octanol–water partition coefficient (Wildman–Crippen LogP) is 1.85. The molecule has 49 heavy (non-hydrogen) atoms. The van der Waals surface area contributed by atoms with Crippen molar-refractivity contribution < 1.29 is 48.3 Å². The van der Waals surface area contributed by atoms with E-state index in [-0.39, 0.29) is 40.6 Å². The SMILES string of the molecule is CCOC(=O)c1cn(C2CC2)c2c(F)c(-c3ccc4c(c3)CCN4Cc3cnc(N)nc3N)c(F)cc2c1=O.O=C(O)C(O)C(O)C(=O)O. The number of nitrogens with zero attached hydrogens (tertiary/aromatic N) is 4. The van der Waals surface area contributed by atoms with Crippen molar-refractivity contribution in [3.63, 3.8) is 0 Å². The van der Waals surface area contributed by atoms with Crippen molar-refractivity contribution in [3.05, 3.63) is 75.2 Å². The Labute approximate surface area is 276 Å². The highest BCUT2D eigenvalue weighted by atomic mass is 19.1. The van der Waals surface area contributed by atoms with Crippen LogP contribution in [0.5, 0.6) is 0 Å². The maximum atomic E-state index is 16.2. The van der Waals surface area contributed by atoms with E-state index in [0.29, 0.717) is 30.9 Å². The number of fused-ring (bicyclic) bond motifs is 2. The molecule has 258 valence electrons. The number of carbonyl (C=O) groups excluding carboxylic acids is 1. The van der Waals surface area contributed by atoms with Crippen molar-refractivity contribution in [2.45, 2.75) is 51.0 Å². The van der Waals surface area contributed by atoms with Gasteiger partial charge in [0.15, 0.2) is 18.0 Å². The number of aliphatic carboxylic acids is 2. The van der Waals surface area contributed by atoms with Gasteiger partial charge in [0, 0.05) is 42.8 Å². The normalized spacial score (nSPS) is 14.8. The Balaban J connectivity index is 0.000000409. The van der Waals surface area contributed by atoms with E-state index in [0.717, 1.165) is 35.7 Å². The van der Waals surface area contributed by atoms with E-state index in [4.69, 9.17) is 36.6 Å². The van der Waals surface area contributed by atoms with E-state index in [9.17, 15) is 19.2 Å². The van der Waals surface area contributed by atoms with Crippen LogP contribution >= 0.6 is 0 Å². The van der Waals surface area contributed by atoms with Crippen LogP contribution in [0.15, 0.2) is 41.5 Å². The van der Waals surface area contributed by atoms with E-state index < -0.39 is 47.2 Å². The molecular formula is C32H32F2N6O9. The summed E-state index contributed by atoms with van der Waals surface area (Å²) in [4.78, 5) is 55.2. The van der Waals surface area contributed by atoms with E-state index in [1.54, 1.807) is 29.8 Å². The maximum Gasteiger partial charge on any atom is 0.343 e. The van der Waals surface area contributed by atoms with Gasteiger partial charge >= 0.3 is 17.9 Å². The zero-order valence-electron chi connectivity index (χ0n) is 26.0. The average molecular weight is 683 g/mol. The van der Waals surface area contributed by atoms with Gasteiger partial charge in [-0.15, -0.1) is 0 Å². The molecule has 8 N–H and O–H groups in total. The first-order chi connectivity index (χ1) is 23.2. The molecule has 1 aliphatic heterocycles. The molecule has 3 heterocycles. The third-order valence-corrected chi connectivity index (χ3v) is 8.09. The second-order valence-corrected chi connectivity index (χ2v) is 11.4. The second-order valence-electron chi connectivity index (χ2n) is 11.4. The summed E-state index contributed by atoms with van der Waals surface area (Å²) >= 11 is 0. The first-order valence-corrected chi connectivity index (χ1v) is 15.0. The van der Waals surface area contributed by atoms with Crippen molar-refractivity contribution in [1.82, 2.24) is 14.5 Å². The Morgan fingerprint density at radius 3 is 2.35 bits per heavy atom. The summed E-state index contributed by atoms with van der Waals surface area (Å²) in [6, 6.07) is 6.22. The summed E-state index contributed by atoms with van der Waals surface area (Å²) in [6.07, 6.45) is 0.616. The zero-order chi connectivity index (χ0) is 35.7. The smallest absolute Gasteiger partial charge is 0.343 e. The Bertz CT molecular complexity index is 2020.